The summed E-state index contributed by atoms with van der Waals surface area (Å²) in [6.45, 7) is 1.98. The lowest BCUT2D eigenvalue weighted by Gasteiger charge is -2.29. The van der Waals surface area contributed by atoms with Crippen LogP contribution in [0.4, 0.5) is 0 Å². The summed E-state index contributed by atoms with van der Waals surface area (Å²) >= 11 is 0. The highest BCUT2D eigenvalue weighted by Crippen LogP contribution is 2.19. The molecule has 1 heterocycles. The molecule has 0 aromatic rings. The first kappa shape index (κ1) is 7.98. The summed E-state index contributed by atoms with van der Waals surface area (Å²) in [5.41, 5.74) is 0. The van der Waals surface area contributed by atoms with Crippen molar-refractivity contribution in [2.75, 3.05) is 0 Å². The molecule has 0 radical (unpaired) electrons. The van der Waals surface area contributed by atoms with Gasteiger partial charge in [-0.15, -0.1) is 0 Å². The predicted octanol–water partition coefficient (Wildman–Crippen LogP) is 0.255. The maximum Gasteiger partial charge on any atom is 0.157 e. The smallest absolute Gasteiger partial charge is 0.157 e. The maximum absolute atomic E-state index is 9.14. The average molecular weight is 146 g/mol. The van der Waals surface area contributed by atoms with Gasteiger partial charge in [0.15, 0.2) is 6.29 Å². The highest BCUT2D eigenvalue weighted by Gasteiger charge is 2.25. The van der Waals surface area contributed by atoms with Gasteiger partial charge in [0, 0.05) is 6.42 Å². The minimum absolute atomic E-state index is 0.0405. The fourth-order valence-corrected chi connectivity index (χ4v) is 1.23. The topological polar surface area (TPSA) is 49.7 Å². The van der Waals surface area contributed by atoms with E-state index >= 15 is 0 Å². The Balaban J connectivity index is 2.35. The lowest BCUT2D eigenvalue weighted by Crippen LogP contribution is -2.34. The van der Waals surface area contributed by atoms with Gasteiger partial charge in [-0.1, -0.05) is 6.92 Å². The Morgan fingerprint density at radius 2 is 2.10 bits per heavy atom. The van der Waals surface area contributed by atoms with Gasteiger partial charge >= 0.3 is 0 Å². The Hall–Kier alpha value is -0.120. The van der Waals surface area contributed by atoms with Gasteiger partial charge in [-0.2, -0.15) is 0 Å². The second-order valence-electron chi connectivity index (χ2n) is 2.75. The summed E-state index contributed by atoms with van der Waals surface area (Å²) < 4.78 is 5.10. The first-order chi connectivity index (χ1) is 4.72. The highest BCUT2D eigenvalue weighted by atomic mass is 16.6. The minimum Gasteiger partial charge on any atom is -0.393 e. The molecule has 0 amide bonds. The van der Waals surface area contributed by atoms with Gasteiger partial charge in [-0.05, 0) is 12.8 Å². The van der Waals surface area contributed by atoms with E-state index in [1.54, 1.807) is 0 Å². The molecule has 2 N–H and O–H groups in total. The van der Waals surface area contributed by atoms with Crippen molar-refractivity contribution in [3.63, 3.8) is 0 Å². The Labute approximate surface area is 60.6 Å². The molecule has 10 heavy (non-hydrogen) atoms. The Morgan fingerprint density at radius 3 is 2.60 bits per heavy atom. The molecule has 1 rings (SSSR count). The minimum atomic E-state index is -0.756. The molecule has 1 aliphatic rings. The van der Waals surface area contributed by atoms with Gasteiger partial charge in [0.25, 0.3) is 0 Å². The van der Waals surface area contributed by atoms with Crippen LogP contribution in [0.3, 0.4) is 0 Å². The molecule has 1 fully saturated rings. The Morgan fingerprint density at radius 1 is 1.40 bits per heavy atom. The van der Waals surface area contributed by atoms with E-state index in [9.17, 15) is 0 Å². The van der Waals surface area contributed by atoms with E-state index in [-0.39, 0.29) is 12.2 Å². The number of hydrogen-bond acceptors (Lipinski definition) is 3. The summed E-state index contributed by atoms with van der Waals surface area (Å²) in [7, 11) is 0. The quantitative estimate of drug-likeness (QED) is 0.557. The Bertz CT molecular complexity index is 95.0. The molecule has 3 heteroatoms. The van der Waals surface area contributed by atoms with Crippen molar-refractivity contribution < 1.29 is 14.9 Å². The molecular formula is C7H14O3. The van der Waals surface area contributed by atoms with Crippen LogP contribution in [0.5, 0.6) is 0 Å². The molecule has 60 valence electrons. The van der Waals surface area contributed by atoms with E-state index in [2.05, 4.69) is 0 Å². The molecular weight excluding hydrogens is 132 g/mol. The number of rotatable bonds is 1. The molecule has 2 unspecified atom stereocenters. The third kappa shape index (κ3) is 1.94. The summed E-state index contributed by atoms with van der Waals surface area (Å²) in [4.78, 5) is 0. The monoisotopic (exact) mass is 146 g/mol. The second-order valence-corrected chi connectivity index (χ2v) is 2.75. The van der Waals surface area contributed by atoms with Crippen LogP contribution in [-0.2, 0) is 4.74 Å². The van der Waals surface area contributed by atoms with Crippen LogP contribution >= 0.6 is 0 Å². The molecule has 0 saturated carbocycles. The third-order valence-corrected chi connectivity index (χ3v) is 1.81. The van der Waals surface area contributed by atoms with E-state index in [0.29, 0.717) is 12.8 Å². The van der Waals surface area contributed by atoms with Crippen LogP contribution in [-0.4, -0.2) is 28.7 Å². The fourth-order valence-electron chi connectivity index (χ4n) is 1.23. The van der Waals surface area contributed by atoms with E-state index in [1.807, 2.05) is 6.92 Å². The van der Waals surface area contributed by atoms with Gasteiger partial charge in [0.05, 0.1) is 12.2 Å². The van der Waals surface area contributed by atoms with Crippen LogP contribution in [0.2, 0.25) is 0 Å². The number of ether oxygens (including phenoxy) is 1. The lowest BCUT2D eigenvalue weighted by molar-refractivity contribution is -0.189. The summed E-state index contributed by atoms with van der Waals surface area (Å²) in [5.74, 6) is 0. The molecule has 3 nitrogen and oxygen atoms in total. The van der Waals surface area contributed by atoms with Crippen molar-refractivity contribution in [1.29, 1.82) is 0 Å². The van der Waals surface area contributed by atoms with Crippen molar-refractivity contribution >= 4 is 0 Å². The number of hydrogen-bond donors (Lipinski definition) is 2. The Kier molecular flexibility index (Phi) is 2.65. The molecule has 0 aromatic heterocycles. The van der Waals surface area contributed by atoms with Crippen LogP contribution in [0.1, 0.15) is 26.2 Å². The second kappa shape index (κ2) is 3.32. The van der Waals surface area contributed by atoms with Crippen molar-refractivity contribution in [2.45, 2.75) is 44.7 Å². The van der Waals surface area contributed by atoms with Gasteiger partial charge in [0.1, 0.15) is 0 Å². The van der Waals surface area contributed by atoms with Crippen molar-refractivity contribution in [1.82, 2.24) is 0 Å². The predicted molar refractivity (Wildman–Crippen MR) is 36.4 cm³/mol. The SMILES string of the molecule is CCC1C[C@@H](O)CC(O)O1. The van der Waals surface area contributed by atoms with Gasteiger partial charge in [-0.25, -0.2) is 0 Å². The molecule has 1 saturated heterocycles. The van der Waals surface area contributed by atoms with Crippen LogP contribution in [0.15, 0.2) is 0 Å². The standard InChI is InChI=1S/C7H14O3/c1-2-6-3-5(8)4-7(9)10-6/h5-9H,2-4H2,1H3/t5-,6?,7?/m1/s1. The zero-order valence-electron chi connectivity index (χ0n) is 6.16. The largest absolute Gasteiger partial charge is 0.393 e. The summed E-state index contributed by atoms with van der Waals surface area (Å²) in [5, 5.41) is 18.1. The van der Waals surface area contributed by atoms with Gasteiger partial charge < -0.3 is 14.9 Å². The van der Waals surface area contributed by atoms with Crippen molar-refractivity contribution in [3.8, 4) is 0 Å². The first-order valence-electron chi connectivity index (χ1n) is 3.74. The molecule has 0 spiro atoms. The van der Waals surface area contributed by atoms with Gasteiger partial charge in [-0.3, -0.25) is 0 Å². The summed E-state index contributed by atoms with van der Waals surface area (Å²) in [6.07, 6.45) is 0.777. The number of aliphatic hydroxyl groups excluding tert-OH is 2. The zero-order chi connectivity index (χ0) is 7.56. The molecule has 0 bridgehead atoms. The lowest BCUT2D eigenvalue weighted by atomic mass is 10.0. The normalized spacial score (nSPS) is 41.7. The van der Waals surface area contributed by atoms with Crippen LogP contribution in [0.25, 0.3) is 0 Å². The molecule has 0 aromatic carbocycles. The van der Waals surface area contributed by atoms with E-state index in [4.69, 9.17) is 14.9 Å². The van der Waals surface area contributed by atoms with E-state index in [0.717, 1.165) is 6.42 Å². The first-order valence-corrected chi connectivity index (χ1v) is 3.74. The van der Waals surface area contributed by atoms with E-state index < -0.39 is 6.29 Å². The summed E-state index contributed by atoms with van der Waals surface area (Å²) in [6, 6.07) is 0. The molecule has 3 atom stereocenters. The highest BCUT2D eigenvalue weighted by molar-refractivity contribution is 4.70. The van der Waals surface area contributed by atoms with Crippen molar-refractivity contribution in [3.05, 3.63) is 0 Å². The number of aliphatic hydroxyl groups is 2. The molecule has 0 aliphatic carbocycles. The fraction of sp³-hybridized carbons (Fsp3) is 1.00. The van der Waals surface area contributed by atoms with Crippen LogP contribution < -0.4 is 0 Å². The maximum atomic E-state index is 9.14. The van der Waals surface area contributed by atoms with Gasteiger partial charge in [0.2, 0.25) is 0 Å². The zero-order valence-corrected chi connectivity index (χ0v) is 6.16. The van der Waals surface area contributed by atoms with Crippen LogP contribution in [0, 0.1) is 0 Å². The molecule has 1 aliphatic heterocycles. The van der Waals surface area contributed by atoms with Crippen molar-refractivity contribution in [2.24, 2.45) is 0 Å². The average Bonchev–Trinajstić information content (AvgIpc) is 1.85. The van der Waals surface area contributed by atoms with E-state index in [1.165, 1.54) is 0 Å². The third-order valence-electron chi connectivity index (χ3n) is 1.81.